The van der Waals surface area contributed by atoms with Crippen LogP contribution in [0.2, 0.25) is 0 Å². The van der Waals surface area contributed by atoms with Gasteiger partial charge in [0.05, 0.1) is 0 Å². The maximum Gasteiger partial charge on any atom is 0.273 e. The van der Waals surface area contributed by atoms with Crippen LogP contribution in [0.1, 0.15) is 10.5 Å². The first-order valence-corrected chi connectivity index (χ1v) is 4.83. The molecule has 0 radical (unpaired) electrons. The van der Waals surface area contributed by atoms with Crippen molar-refractivity contribution in [3.05, 3.63) is 30.0 Å². The number of phenolic OH excluding ortho intramolecular Hbond substituents is 2. The van der Waals surface area contributed by atoms with E-state index in [9.17, 15) is 9.90 Å². The van der Waals surface area contributed by atoms with Gasteiger partial charge in [0, 0.05) is 18.7 Å². The molecule has 0 spiro atoms. The first-order valence-electron chi connectivity index (χ1n) is 4.83. The van der Waals surface area contributed by atoms with Gasteiger partial charge >= 0.3 is 0 Å². The molecule has 0 aliphatic carbocycles. The summed E-state index contributed by atoms with van der Waals surface area (Å²) in [6.07, 6.45) is 0. The minimum Gasteiger partial charge on any atom is -0.504 e. The summed E-state index contributed by atoms with van der Waals surface area (Å²) in [5.41, 5.74) is 0.665. The third-order valence-corrected chi connectivity index (χ3v) is 2.23. The molecule has 0 atom stereocenters. The SMILES string of the molecule is CNC(=O)c1cc(-c2ccc(O)c(O)c2)on1. The minimum absolute atomic E-state index is 0.148. The monoisotopic (exact) mass is 234 g/mol. The maximum atomic E-state index is 11.3. The van der Waals surface area contributed by atoms with Gasteiger partial charge < -0.3 is 20.1 Å². The summed E-state index contributed by atoms with van der Waals surface area (Å²) >= 11 is 0. The van der Waals surface area contributed by atoms with Crippen LogP contribution in [0.15, 0.2) is 28.8 Å². The quantitative estimate of drug-likeness (QED) is 0.676. The Bertz CT molecular complexity index is 562. The Balaban J connectivity index is 2.37. The molecule has 1 aromatic heterocycles. The van der Waals surface area contributed by atoms with Gasteiger partial charge in [0.15, 0.2) is 23.0 Å². The Hall–Kier alpha value is -2.50. The second-order valence-corrected chi connectivity index (χ2v) is 3.36. The van der Waals surface area contributed by atoms with E-state index in [0.717, 1.165) is 0 Å². The first kappa shape index (κ1) is 11.0. The van der Waals surface area contributed by atoms with Gasteiger partial charge in [-0.05, 0) is 18.2 Å². The lowest BCUT2D eigenvalue weighted by Gasteiger charge is -1.98. The molecule has 0 saturated heterocycles. The van der Waals surface area contributed by atoms with Crippen molar-refractivity contribution in [3.63, 3.8) is 0 Å². The smallest absolute Gasteiger partial charge is 0.273 e. The number of carbonyl (C=O) groups excluding carboxylic acids is 1. The molecule has 0 aliphatic rings. The summed E-state index contributed by atoms with van der Waals surface area (Å²) in [4.78, 5) is 11.3. The minimum atomic E-state index is -0.358. The van der Waals surface area contributed by atoms with Gasteiger partial charge in [0.1, 0.15) is 0 Å². The van der Waals surface area contributed by atoms with Crippen LogP contribution >= 0.6 is 0 Å². The second-order valence-electron chi connectivity index (χ2n) is 3.36. The maximum absolute atomic E-state index is 11.3. The number of benzene rings is 1. The highest BCUT2D eigenvalue weighted by atomic mass is 16.5. The van der Waals surface area contributed by atoms with E-state index in [-0.39, 0.29) is 23.1 Å². The number of nitrogens with one attached hydrogen (secondary N) is 1. The van der Waals surface area contributed by atoms with Crippen molar-refractivity contribution in [1.82, 2.24) is 10.5 Å². The number of nitrogens with zero attached hydrogens (tertiary/aromatic N) is 1. The molecular formula is C11H10N2O4. The van der Waals surface area contributed by atoms with E-state index < -0.39 is 0 Å². The van der Waals surface area contributed by atoms with Gasteiger partial charge in [-0.25, -0.2) is 0 Å². The van der Waals surface area contributed by atoms with Gasteiger partial charge in [-0.15, -0.1) is 0 Å². The third-order valence-electron chi connectivity index (χ3n) is 2.23. The number of aromatic hydroxyl groups is 2. The van der Waals surface area contributed by atoms with E-state index in [4.69, 9.17) is 9.63 Å². The van der Waals surface area contributed by atoms with Crippen LogP contribution in [0.25, 0.3) is 11.3 Å². The van der Waals surface area contributed by atoms with Gasteiger partial charge in [0.25, 0.3) is 5.91 Å². The lowest BCUT2D eigenvalue weighted by molar-refractivity contribution is 0.0954. The highest BCUT2D eigenvalue weighted by molar-refractivity contribution is 5.92. The van der Waals surface area contributed by atoms with E-state index in [1.807, 2.05) is 0 Å². The van der Waals surface area contributed by atoms with Gasteiger partial charge in [0.2, 0.25) is 0 Å². The van der Waals surface area contributed by atoms with Gasteiger partial charge in [-0.1, -0.05) is 5.16 Å². The van der Waals surface area contributed by atoms with E-state index in [1.165, 1.54) is 25.2 Å². The largest absolute Gasteiger partial charge is 0.504 e. The van der Waals surface area contributed by atoms with Crippen molar-refractivity contribution < 1.29 is 19.5 Å². The number of rotatable bonds is 2. The van der Waals surface area contributed by atoms with Crippen LogP contribution in [-0.2, 0) is 0 Å². The summed E-state index contributed by atoms with van der Waals surface area (Å²) in [5, 5.41) is 24.5. The molecule has 17 heavy (non-hydrogen) atoms. The Morgan fingerprint density at radius 2 is 2.06 bits per heavy atom. The fourth-order valence-electron chi connectivity index (χ4n) is 1.32. The lowest BCUT2D eigenvalue weighted by Crippen LogP contribution is -2.17. The lowest BCUT2D eigenvalue weighted by atomic mass is 10.1. The van der Waals surface area contributed by atoms with Crippen LogP contribution in [0.5, 0.6) is 11.5 Å². The summed E-state index contributed by atoms with van der Waals surface area (Å²) in [7, 11) is 1.49. The third kappa shape index (κ3) is 2.05. The number of hydrogen-bond donors (Lipinski definition) is 3. The number of amides is 1. The number of carbonyl (C=O) groups is 1. The molecule has 0 saturated carbocycles. The Morgan fingerprint density at radius 3 is 2.71 bits per heavy atom. The fourth-order valence-corrected chi connectivity index (χ4v) is 1.32. The zero-order valence-corrected chi connectivity index (χ0v) is 8.97. The van der Waals surface area contributed by atoms with Gasteiger partial charge in [-0.3, -0.25) is 4.79 Å². The summed E-state index contributed by atoms with van der Waals surface area (Å²) in [5.74, 6) is -0.512. The topological polar surface area (TPSA) is 95.6 Å². The first-order chi connectivity index (χ1) is 8.11. The van der Waals surface area contributed by atoms with E-state index in [0.29, 0.717) is 11.3 Å². The molecule has 3 N–H and O–H groups in total. The average Bonchev–Trinajstić information content (AvgIpc) is 2.81. The van der Waals surface area contributed by atoms with Crippen molar-refractivity contribution in [2.75, 3.05) is 7.05 Å². The molecule has 6 heteroatoms. The van der Waals surface area contributed by atoms with Crippen LogP contribution in [-0.4, -0.2) is 28.3 Å². The highest BCUT2D eigenvalue weighted by Gasteiger charge is 2.13. The normalized spacial score (nSPS) is 10.2. The zero-order valence-electron chi connectivity index (χ0n) is 8.97. The fraction of sp³-hybridized carbons (Fsp3) is 0.0909. The summed E-state index contributed by atoms with van der Waals surface area (Å²) < 4.78 is 4.96. The van der Waals surface area contributed by atoms with Crippen LogP contribution in [0.3, 0.4) is 0 Å². The average molecular weight is 234 g/mol. The van der Waals surface area contributed by atoms with E-state index >= 15 is 0 Å². The summed E-state index contributed by atoms with van der Waals surface area (Å²) in [6.45, 7) is 0. The Labute approximate surface area is 96.5 Å². The zero-order chi connectivity index (χ0) is 12.4. The predicted molar refractivity (Wildman–Crippen MR) is 58.7 cm³/mol. The van der Waals surface area contributed by atoms with Crippen molar-refractivity contribution in [2.45, 2.75) is 0 Å². The Morgan fingerprint density at radius 1 is 1.29 bits per heavy atom. The van der Waals surface area contributed by atoms with Gasteiger partial charge in [-0.2, -0.15) is 0 Å². The summed E-state index contributed by atoms with van der Waals surface area (Å²) in [6, 6.07) is 5.64. The number of aromatic nitrogens is 1. The molecule has 2 aromatic rings. The molecule has 0 unspecified atom stereocenters. The second kappa shape index (κ2) is 4.17. The van der Waals surface area contributed by atoms with E-state index in [1.54, 1.807) is 6.07 Å². The molecule has 1 heterocycles. The molecule has 6 nitrogen and oxygen atoms in total. The molecule has 1 aromatic carbocycles. The molecule has 0 aliphatic heterocycles. The molecule has 1 amide bonds. The van der Waals surface area contributed by atoms with Crippen LogP contribution in [0.4, 0.5) is 0 Å². The molecule has 2 rings (SSSR count). The Kier molecular flexibility index (Phi) is 2.70. The van der Waals surface area contributed by atoms with Crippen molar-refractivity contribution in [2.24, 2.45) is 0 Å². The molecular weight excluding hydrogens is 224 g/mol. The molecule has 88 valence electrons. The van der Waals surface area contributed by atoms with Crippen molar-refractivity contribution in [1.29, 1.82) is 0 Å². The standard InChI is InChI=1S/C11H10N2O4/c1-12-11(16)7-5-10(17-13-7)6-2-3-8(14)9(15)4-6/h2-5,14-15H,1H3,(H,12,16). The molecule has 0 bridgehead atoms. The van der Waals surface area contributed by atoms with Crippen molar-refractivity contribution >= 4 is 5.91 Å². The van der Waals surface area contributed by atoms with Crippen molar-refractivity contribution in [3.8, 4) is 22.8 Å². The van der Waals surface area contributed by atoms with Crippen LogP contribution < -0.4 is 5.32 Å². The van der Waals surface area contributed by atoms with Crippen LogP contribution in [0, 0.1) is 0 Å². The highest BCUT2D eigenvalue weighted by Crippen LogP contribution is 2.30. The van der Waals surface area contributed by atoms with E-state index in [2.05, 4.69) is 10.5 Å². The number of phenols is 2. The molecule has 0 fully saturated rings. The number of hydrogen-bond acceptors (Lipinski definition) is 5. The predicted octanol–water partition coefficient (Wildman–Crippen LogP) is 1.11.